The first-order chi connectivity index (χ1) is 24.6. The number of carbonyl (C=O) groups is 2. The summed E-state index contributed by atoms with van der Waals surface area (Å²) in [5.74, 6) is -2.68. The Hall–Kier alpha value is -3.53. The number of fused-ring (bicyclic) bond motifs is 1. The zero-order valence-corrected chi connectivity index (χ0v) is 34.3. The molecule has 1 aliphatic carbocycles. The quantitative estimate of drug-likeness (QED) is 0.192. The van der Waals surface area contributed by atoms with Crippen LogP contribution in [0.2, 0.25) is 23.2 Å². The van der Waals surface area contributed by atoms with Crippen molar-refractivity contribution < 1.29 is 36.0 Å². The maximum Gasteiger partial charge on any atom is 0.408 e. The Bertz CT molecular complexity index is 1920. The molecule has 1 fully saturated rings. The van der Waals surface area contributed by atoms with Crippen LogP contribution in [0.3, 0.4) is 0 Å². The van der Waals surface area contributed by atoms with Gasteiger partial charge in [0.1, 0.15) is 17.5 Å². The van der Waals surface area contributed by atoms with Crippen molar-refractivity contribution in [3.63, 3.8) is 0 Å². The predicted molar refractivity (Wildman–Crippen MR) is 205 cm³/mol. The summed E-state index contributed by atoms with van der Waals surface area (Å²) in [6, 6.07) is 7.29. The number of nitrogens with zero attached hydrogens (tertiary/aromatic N) is 3. The van der Waals surface area contributed by atoms with Crippen molar-refractivity contribution >= 4 is 53.5 Å². The maximum absolute atomic E-state index is 16.0. The Kier molecular flexibility index (Phi) is 11.7. The molecule has 2 aromatic carbocycles. The van der Waals surface area contributed by atoms with Gasteiger partial charge in [-0.05, 0) is 88.0 Å². The van der Waals surface area contributed by atoms with E-state index in [0.717, 1.165) is 44.6 Å². The number of sulfone groups is 1. The molecule has 290 valence electrons. The lowest BCUT2D eigenvalue weighted by Crippen LogP contribution is -2.51. The van der Waals surface area contributed by atoms with Crippen molar-refractivity contribution in [2.45, 2.75) is 127 Å². The number of halogens is 2. The molecule has 5 rings (SSSR count). The van der Waals surface area contributed by atoms with E-state index in [9.17, 15) is 18.0 Å². The van der Waals surface area contributed by atoms with Crippen LogP contribution in [-0.2, 0) is 30.3 Å². The summed E-state index contributed by atoms with van der Waals surface area (Å²) >= 11 is 6.10. The standard InChI is InChI=1S/C37H51ClFN5O7SSi/c1-35(2,3)51-34(46)40-28-23-52(47,48)30-21-27(39)26(20-29(30)44(32(28)45)22-24-12-14-25(38)15-13-24)31-42-43-33(50-31)41-37(16-10-9-11-17-37)18-19-49-53(7,8)36(4,5)6/h12-15,20-21,28H,9-11,16-19,22-23H2,1-8H3,(H,40,46)(H,41,43)/t28-/m0/s1. The van der Waals surface area contributed by atoms with Crippen LogP contribution in [0, 0.1) is 5.82 Å². The molecule has 2 aliphatic rings. The van der Waals surface area contributed by atoms with E-state index in [4.69, 9.17) is 25.2 Å². The van der Waals surface area contributed by atoms with Crippen molar-refractivity contribution in [2.75, 3.05) is 22.6 Å². The van der Waals surface area contributed by atoms with E-state index in [1.54, 1.807) is 45.0 Å². The van der Waals surface area contributed by atoms with E-state index in [-0.39, 0.29) is 40.3 Å². The summed E-state index contributed by atoms with van der Waals surface area (Å²) in [5, 5.41) is 14.8. The van der Waals surface area contributed by atoms with Gasteiger partial charge in [-0.2, -0.15) is 0 Å². The van der Waals surface area contributed by atoms with Crippen LogP contribution in [0.15, 0.2) is 45.7 Å². The van der Waals surface area contributed by atoms with Gasteiger partial charge in [-0.3, -0.25) is 4.79 Å². The zero-order chi connectivity index (χ0) is 39.0. The molecule has 0 bridgehead atoms. The number of rotatable bonds is 10. The molecule has 0 saturated heterocycles. The number of hydrogen-bond acceptors (Lipinski definition) is 10. The second-order valence-corrected chi connectivity index (χ2v) is 23.8. The first kappa shape index (κ1) is 40.6. The van der Waals surface area contributed by atoms with E-state index in [1.165, 1.54) is 11.0 Å². The second kappa shape index (κ2) is 15.3. The van der Waals surface area contributed by atoms with Crippen molar-refractivity contribution in [2.24, 2.45) is 0 Å². The molecule has 12 nitrogen and oxygen atoms in total. The Labute approximate surface area is 317 Å². The molecule has 53 heavy (non-hydrogen) atoms. The summed E-state index contributed by atoms with van der Waals surface area (Å²) in [4.78, 5) is 27.7. The first-order valence-electron chi connectivity index (χ1n) is 18.0. The highest BCUT2D eigenvalue weighted by Gasteiger charge is 2.42. The predicted octanol–water partition coefficient (Wildman–Crippen LogP) is 8.27. The number of amides is 2. The van der Waals surface area contributed by atoms with Crippen LogP contribution in [0.1, 0.15) is 85.6 Å². The number of ether oxygens (including phenoxy) is 1. The third-order valence-electron chi connectivity index (χ3n) is 10.3. The molecule has 1 atom stereocenters. The monoisotopic (exact) mass is 791 g/mol. The van der Waals surface area contributed by atoms with Crippen LogP contribution >= 0.6 is 11.6 Å². The lowest BCUT2D eigenvalue weighted by Gasteiger charge is -2.40. The van der Waals surface area contributed by atoms with E-state index < -0.39 is 58.3 Å². The van der Waals surface area contributed by atoms with Crippen molar-refractivity contribution in [3.8, 4) is 11.5 Å². The van der Waals surface area contributed by atoms with E-state index in [1.807, 2.05) is 0 Å². The highest BCUT2D eigenvalue weighted by atomic mass is 35.5. The number of carbonyl (C=O) groups excluding carboxylic acids is 2. The van der Waals surface area contributed by atoms with Gasteiger partial charge in [0.2, 0.25) is 0 Å². The van der Waals surface area contributed by atoms with Gasteiger partial charge in [0, 0.05) is 17.2 Å². The lowest BCUT2D eigenvalue weighted by atomic mass is 9.79. The van der Waals surface area contributed by atoms with E-state index in [2.05, 4.69) is 54.7 Å². The Balaban J connectivity index is 1.48. The topological polar surface area (TPSA) is 153 Å². The minimum Gasteiger partial charge on any atom is -0.444 e. The highest BCUT2D eigenvalue weighted by molar-refractivity contribution is 7.91. The molecular weight excluding hydrogens is 741 g/mol. The van der Waals surface area contributed by atoms with Gasteiger partial charge in [-0.1, -0.05) is 68.9 Å². The fourth-order valence-corrected chi connectivity index (χ4v) is 9.12. The van der Waals surface area contributed by atoms with Crippen LogP contribution in [0.5, 0.6) is 0 Å². The fourth-order valence-electron chi connectivity index (χ4n) is 6.34. The largest absolute Gasteiger partial charge is 0.444 e. The highest BCUT2D eigenvalue weighted by Crippen LogP contribution is 2.41. The van der Waals surface area contributed by atoms with Gasteiger partial charge < -0.3 is 29.1 Å². The Morgan fingerprint density at radius 3 is 2.36 bits per heavy atom. The maximum atomic E-state index is 16.0. The average molecular weight is 792 g/mol. The van der Waals surface area contributed by atoms with Gasteiger partial charge in [-0.15, -0.1) is 5.10 Å². The summed E-state index contributed by atoms with van der Waals surface area (Å²) in [7, 11) is -6.31. The molecule has 1 saturated carbocycles. The Morgan fingerprint density at radius 1 is 1.08 bits per heavy atom. The molecule has 0 unspecified atom stereocenters. The van der Waals surface area contributed by atoms with Crippen LogP contribution in [0.4, 0.5) is 20.9 Å². The number of alkyl carbamates (subject to hydrolysis) is 1. The lowest BCUT2D eigenvalue weighted by molar-refractivity contribution is -0.120. The van der Waals surface area contributed by atoms with E-state index in [0.29, 0.717) is 17.2 Å². The van der Waals surface area contributed by atoms with Gasteiger partial charge in [-0.25, -0.2) is 17.6 Å². The van der Waals surface area contributed by atoms with Gasteiger partial charge in [0.25, 0.3) is 11.8 Å². The smallest absolute Gasteiger partial charge is 0.408 e. The normalized spacial score (nSPS) is 18.9. The molecule has 0 spiro atoms. The fraction of sp³-hybridized carbons (Fsp3) is 0.568. The van der Waals surface area contributed by atoms with Crippen LogP contribution < -0.4 is 15.5 Å². The van der Waals surface area contributed by atoms with Gasteiger partial charge in [0.05, 0.1) is 28.4 Å². The summed E-state index contributed by atoms with van der Waals surface area (Å²) < 4.78 is 61.5. The third kappa shape index (κ3) is 9.78. The number of benzene rings is 2. The van der Waals surface area contributed by atoms with Crippen LogP contribution in [0.25, 0.3) is 11.5 Å². The molecule has 2 heterocycles. The minimum atomic E-state index is -4.34. The number of aromatic nitrogens is 2. The van der Waals surface area contributed by atoms with Crippen LogP contribution in [-0.4, -0.2) is 68.5 Å². The first-order valence-corrected chi connectivity index (χ1v) is 22.9. The van der Waals surface area contributed by atoms with Crippen molar-refractivity contribution in [1.82, 2.24) is 15.5 Å². The average Bonchev–Trinajstić information content (AvgIpc) is 3.48. The summed E-state index contributed by atoms with van der Waals surface area (Å²) in [6.45, 7) is 16.4. The molecule has 2 amide bonds. The third-order valence-corrected chi connectivity index (χ3v) is 16.8. The molecule has 2 N–H and O–H groups in total. The summed E-state index contributed by atoms with van der Waals surface area (Å²) in [5.41, 5.74) is -0.953. The number of anilines is 2. The molecule has 3 aromatic rings. The number of hydrogen-bond donors (Lipinski definition) is 2. The van der Waals surface area contributed by atoms with Gasteiger partial charge in [0.15, 0.2) is 18.2 Å². The molecular formula is C37H51ClFN5O7SSi. The minimum absolute atomic E-state index is 0.0728. The zero-order valence-electron chi connectivity index (χ0n) is 31.8. The SMILES string of the molecule is CC(C)(C)OC(=O)N[C@H]1CS(=O)(=O)c2cc(F)c(-c3nnc(NC4(CCO[Si](C)(C)C(C)(C)C)CCCCC4)o3)cc2N(Cc2ccc(Cl)cc2)C1=O. The van der Waals surface area contributed by atoms with Gasteiger partial charge >= 0.3 is 12.1 Å². The summed E-state index contributed by atoms with van der Waals surface area (Å²) in [6.07, 6.45) is 4.65. The second-order valence-electron chi connectivity index (χ2n) is 16.6. The molecule has 16 heteroatoms. The molecule has 1 aliphatic heterocycles. The molecule has 0 radical (unpaired) electrons. The van der Waals surface area contributed by atoms with Crippen molar-refractivity contribution in [1.29, 1.82) is 0 Å². The number of nitrogens with one attached hydrogen (secondary N) is 2. The Morgan fingerprint density at radius 2 is 1.74 bits per heavy atom. The molecule has 1 aromatic heterocycles. The van der Waals surface area contributed by atoms with Crippen molar-refractivity contribution in [3.05, 3.63) is 52.8 Å². The van der Waals surface area contributed by atoms with E-state index >= 15 is 4.39 Å².